The molecule has 0 aliphatic carbocycles. The summed E-state index contributed by atoms with van der Waals surface area (Å²) in [5.74, 6) is 0.240. The van der Waals surface area contributed by atoms with E-state index in [-0.39, 0.29) is 11.7 Å². The van der Waals surface area contributed by atoms with Crippen molar-refractivity contribution in [3.8, 4) is 5.75 Å². The van der Waals surface area contributed by atoms with E-state index < -0.39 is 0 Å². The molecule has 2 aromatic carbocycles. The van der Waals surface area contributed by atoms with Gasteiger partial charge in [0.25, 0.3) is 5.91 Å². The summed E-state index contributed by atoms with van der Waals surface area (Å²) < 4.78 is 18.3. The Morgan fingerprint density at radius 2 is 2.07 bits per heavy atom. The predicted molar refractivity (Wildman–Crippen MR) is 107 cm³/mol. The van der Waals surface area contributed by atoms with Crippen molar-refractivity contribution in [2.24, 2.45) is 0 Å². The first-order chi connectivity index (χ1) is 13.6. The van der Waals surface area contributed by atoms with Gasteiger partial charge < -0.3 is 4.74 Å². The number of aromatic nitrogens is 1. The summed E-state index contributed by atoms with van der Waals surface area (Å²) in [7, 11) is 1.69. The van der Waals surface area contributed by atoms with E-state index in [1.54, 1.807) is 7.11 Å². The van der Waals surface area contributed by atoms with E-state index in [0.717, 1.165) is 37.5 Å². The maximum Gasteiger partial charge on any atom is 0.257 e. The van der Waals surface area contributed by atoms with E-state index in [1.165, 1.54) is 46.7 Å². The van der Waals surface area contributed by atoms with Gasteiger partial charge in [-0.25, -0.2) is 9.37 Å². The summed E-state index contributed by atoms with van der Waals surface area (Å²) in [5, 5.41) is 5.29. The molecule has 1 amide bonds. The van der Waals surface area contributed by atoms with Crippen molar-refractivity contribution in [3.63, 3.8) is 0 Å². The molecule has 1 aromatic heterocycles. The number of nitrogens with zero attached hydrogens (tertiary/aromatic N) is 2. The largest absolute Gasteiger partial charge is 0.497 e. The number of benzene rings is 2. The number of carbonyl (C=O) groups is 1. The highest BCUT2D eigenvalue weighted by Crippen LogP contribution is 2.25. The van der Waals surface area contributed by atoms with Crippen LogP contribution in [0.4, 0.5) is 9.52 Å². The van der Waals surface area contributed by atoms with Gasteiger partial charge >= 0.3 is 0 Å². The number of hydrogen-bond donors (Lipinski definition) is 1. The second-order valence-corrected chi connectivity index (χ2v) is 7.56. The summed E-state index contributed by atoms with van der Waals surface area (Å²) >= 11 is 1.39. The molecule has 0 spiro atoms. The first-order valence-electron chi connectivity index (χ1n) is 9.00. The van der Waals surface area contributed by atoms with Crippen LogP contribution in [0.3, 0.4) is 0 Å². The van der Waals surface area contributed by atoms with Crippen LogP contribution in [0, 0.1) is 5.82 Å². The lowest BCUT2D eigenvalue weighted by Crippen LogP contribution is -2.30. The Balaban J connectivity index is 1.37. The Hall–Kier alpha value is -2.77. The minimum Gasteiger partial charge on any atom is -0.497 e. The third kappa shape index (κ3) is 4.21. The summed E-state index contributed by atoms with van der Waals surface area (Å²) in [6, 6.07) is 11.7. The van der Waals surface area contributed by atoms with Gasteiger partial charge in [0.1, 0.15) is 11.6 Å². The molecule has 144 valence electrons. The quantitative estimate of drug-likeness (QED) is 0.704. The molecule has 1 aliphatic rings. The molecule has 0 saturated heterocycles. The number of amides is 1. The number of carbonyl (C=O) groups excluding carboxylic acids is 1. The Kier molecular flexibility index (Phi) is 5.36. The molecule has 0 bridgehead atoms. The fourth-order valence-electron chi connectivity index (χ4n) is 3.29. The normalized spacial score (nSPS) is 13.8. The monoisotopic (exact) mass is 397 g/mol. The van der Waals surface area contributed by atoms with Gasteiger partial charge in [0, 0.05) is 30.6 Å². The molecule has 1 aliphatic heterocycles. The van der Waals surface area contributed by atoms with Crippen LogP contribution in [0.1, 0.15) is 27.2 Å². The average molecular weight is 397 g/mol. The van der Waals surface area contributed by atoms with Crippen LogP contribution in [-0.4, -0.2) is 29.4 Å². The summed E-state index contributed by atoms with van der Waals surface area (Å²) in [5.41, 5.74) is 3.98. The fraction of sp³-hybridized carbons (Fsp3) is 0.238. The number of ether oxygens (including phenoxy) is 1. The number of anilines is 1. The number of hydrogen-bond acceptors (Lipinski definition) is 5. The van der Waals surface area contributed by atoms with E-state index in [4.69, 9.17) is 4.74 Å². The van der Waals surface area contributed by atoms with Crippen LogP contribution in [-0.2, 0) is 19.5 Å². The molecule has 0 saturated carbocycles. The highest BCUT2D eigenvalue weighted by atomic mass is 32.1. The van der Waals surface area contributed by atoms with Gasteiger partial charge in [-0.1, -0.05) is 6.07 Å². The van der Waals surface area contributed by atoms with Gasteiger partial charge in [0.2, 0.25) is 0 Å². The zero-order chi connectivity index (χ0) is 19.5. The maximum atomic E-state index is 13.0. The molecule has 4 rings (SSSR count). The molecule has 0 fully saturated rings. The van der Waals surface area contributed by atoms with Crippen LogP contribution >= 0.6 is 11.3 Å². The van der Waals surface area contributed by atoms with Crippen molar-refractivity contribution >= 4 is 22.4 Å². The van der Waals surface area contributed by atoms with E-state index >= 15 is 0 Å². The van der Waals surface area contributed by atoms with Gasteiger partial charge in [-0.2, -0.15) is 0 Å². The smallest absolute Gasteiger partial charge is 0.257 e. The highest BCUT2D eigenvalue weighted by molar-refractivity contribution is 7.13. The molecule has 5 nitrogen and oxygen atoms in total. The third-order valence-corrected chi connectivity index (χ3v) is 5.58. The Bertz CT molecular complexity index is 988. The van der Waals surface area contributed by atoms with Gasteiger partial charge in [0.05, 0.1) is 12.8 Å². The third-order valence-electron chi connectivity index (χ3n) is 4.77. The fourth-order valence-corrected chi connectivity index (χ4v) is 3.98. The number of halogens is 1. The standard InChI is InChI=1S/C21H20FN3O2S/c1-27-19-7-4-16-11-25(9-8-15(16)10-19)12-18-13-28-21(23-18)24-20(26)14-2-5-17(22)6-3-14/h2-7,10,13H,8-9,11-12H2,1H3,(H,23,24,26). The highest BCUT2D eigenvalue weighted by Gasteiger charge is 2.18. The molecule has 0 unspecified atom stereocenters. The molecule has 28 heavy (non-hydrogen) atoms. The number of fused-ring (bicyclic) bond motifs is 1. The second kappa shape index (κ2) is 8.08. The Labute approximate surface area is 166 Å². The van der Waals surface area contributed by atoms with Gasteiger partial charge in [-0.3, -0.25) is 15.0 Å². The van der Waals surface area contributed by atoms with E-state index in [2.05, 4.69) is 27.3 Å². The Morgan fingerprint density at radius 1 is 1.25 bits per heavy atom. The predicted octanol–water partition coefficient (Wildman–Crippen LogP) is 4.10. The SMILES string of the molecule is COc1ccc2c(c1)CCN(Cc1csc(NC(=O)c3ccc(F)cc3)n1)C2. The van der Waals surface area contributed by atoms with Crippen molar-refractivity contribution in [1.82, 2.24) is 9.88 Å². The van der Waals surface area contributed by atoms with Crippen LogP contribution < -0.4 is 10.1 Å². The molecule has 0 atom stereocenters. The average Bonchev–Trinajstić information content (AvgIpc) is 3.14. The van der Waals surface area contributed by atoms with Gasteiger partial charge in [-0.05, 0) is 53.9 Å². The van der Waals surface area contributed by atoms with Crippen molar-refractivity contribution in [1.29, 1.82) is 0 Å². The van der Waals surface area contributed by atoms with E-state index in [9.17, 15) is 9.18 Å². The van der Waals surface area contributed by atoms with Crippen molar-refractivity contribution < 1.29 is 13.9 Å². The van der Waals surface area contributed by atoms with E-state index in [0.29, 0.717) is 10.7 Å². The minimum atomic E-state index is -0.366. The summed E-state index contributed by atoms with van der Waals surface area (Å²) in [4.78, 5) is 19.1. The topological polar surface area (TPSA) is 54.5 Å². The zero-order valence-electron chi connectivity index (χ0n) is 15.4. The molecule has 7 heteroatoms. The first-order valence-corrected chi connectivity index (χ1v) is 9.88. The molecule has 0 radical (unpaired) electrons. The number of nitrogens with one attached hydrogen (secondary N) is 1. The minimum absolute atomic E-state index is 0.290. The molecule has 1 N–H and O–H groups in total. The summed E-state index contributed by atoms with van der Waals surface area (Å²) in [6.45, 7) is 2.55. The molecule has 3 aromatic rings. The number of thiazole rings is 1. The molecule has 2 heterocycles. The lowest BCUT2D eigenvalue weighted by molar-refractivity contribution is 0.102. The maximum absolute atomic E-state index is 13.0. The first kappa shape index (κ1) is 18.6. The zero-order valence-corrected chi connectivity index (χ0v) is 16.3. The Morgan fingerprint density at radius 3 is 2.86 bits per heavy atom. The van der Waals surface area contributed by atoms with Crippen LogP contribution in [0.5, 0.6) is 5.75 Å². The van der Waals surface area contributed by atoms with Crippen LogP contribution in [0.2, 0.25) is 0 Å². The van der Waals surface area contributed by atoms with Crippen molar-refractivity contribution in [2.45, 2.75) is 19.5 Å². The lowest BCUT2D eigenvalue weighted by atomic mass is 9.99. The second-order valence-electron chi connectivity index (χ2n) is 6.70. The van der Waals surface area contributed by atoms with Gasteiger partial charge in [0.15, 0.2) is 5.13 Å². The molecular weight excluding hydrogens is 377 g/mol. The number of methoxy groups -OCH3 is 1. The van der Waals surface area contributed by atoms with Crippen LogP contribution in [0.25, 0.3) is 0 Å². The van der Waals surface area contributed by atoms with Crippen molar-refractivity contribution in [2.75, 3.05) is 19.0 Å². The van der Waals surface area contributed by atoms with Crippen molar-refractivity contribution in [3.05, 3.63) is 76.0 Å². The van der Waals surface area contributed by atoms with Gasteiger partial charge in [-0.15, -0.1) is 11.3 Å². The summed E-state index contributed by atoms with van der Waals surface area (Å²) in [6.07, 6.45) is 0.977. The molecular formula is C21H20FN3O2S. The van der Waals surface area contributed by atoms with E-state index in [1.807, 2.05) is 11.4 Å². The van der Waals surface area contributed by atoms with Crippen LogP contribution in [0.15, 0.2) is 47.8 Å². The lowest BCUT2D eigenvalue weighted by Gasteiger charge is -2.28. The number of rotatable bonds is 5.